The lowest BCUT2D eigenvalue weighted by molar-refractivity contribution is -0.117. The second-order valence-electron chi connectivity index (χ2n) is 3.30. The van der Waals surface area contributed by atoms with E-state index in [1.807, 2.05) is 13.8 Å². The Labute approximate surface area is 102 Å². The van der Waals surface area contributed by atoms with Crippen LogP contribution in [0.4, 0.5) is 0 Å². The van der Waals surface area contributed by atoms with Crippen molar-refractivity contribution in [1.29, 1.82) is 0 Å². The van der Waals surface area contributed by atoms with Crippen LogP contribution in [0.25, 0.3) is 0 Å². The van der Waals surface area contributed by atoms with Gasteiger partial charge in [0.15, 0.2) is 0 Å². The minimum absolute atomic E-state index is 0.144. The van der Waals surface area contributed by atoms with E-state index >= 15 is 0 Å². The Morgan fingerprint density at radius 2 is 2.06 bits per heavy atom. The number of hydrogen-bond donors (Lipinski definition) is 1. The number of aromatic nitrogens is 1. The molecule has 17 heavy (non-hydrogen) atoms. The van der Waals surface area contributed by atoms with Gasteiger partial charge in [-0.05, 0) is 25.5 Å². The molecule has 4 nitrogen and oxygen atoms in total. The Morgan fingerprint density at radius 1 is 1.35 bits per heavy atom. The molecule has 0 saturated carbocycles. The van der Waals surface area contributed by atoms with Crippen molar-refractivity contribution in [3.05, 3.63) is 30.1 Å². The van der Waals surface area contributed by atoms with Crippen LogP contribution in [-0.4, -0.2) is 23.2 Å². The van der Waals surface area contributed by atoms with Crippen LogP contribution in [0.1, 0.15) is 44.0 Å². The predicted octanol–water partition coefficient (Wildman–Crippen LogP) is 2.21. The highest BCUT2D eigenvalue weighted by atomic mass is 16.1. The zero-order valence-corrected chi connectivity index (χ0v) is 10.7. The van der Waals surface area contributed by atoms with Gasteiger partial charge < -0.3 is 10.1 Å². The fourth-order valence-electron chi connectivity index (χ4n) is 1.14. The molecule has 0 fully saturated rings. The highest BCUT2D eigenvalue weighted by Crippen LogP contribution is 1.95. The van der Waals surface area contributed by atoms with Crippen molar-refractivity contribution in [2.45, 2.75) is 33.6 Å². The van der Waals surface area contributed by atoms with Crippen LogP contribution in [-0.2, 0) is 4.79 Å². The number of carbonyl (C=O) groups is 2. The summed E-state index contributed by atoms with van der Waals surface area (Å²) in [6, 6.07) is 3.41. The molecular weight excluding hydrogens is 216 g/mol. The van der Waals surface area contributed by atoms with Gasteiger partial charge in [0, 0.05) is 25.4 Å². The Hall–Kier alpha value is -1.71. The highest BCUT2D eigenvalue weighted by molar-refractivity contribution is 5.93. The minimum atomic E-state index is -0.147. The van der Waals surface area contributed by atoms with E-state index in [-0.39, 0.29) is 11.7 Å². The maximum absolute atomic E-state index is 11.5. The van der Waals surface area contributed by atoms with Crippen molar-refractivity contribution in [1.82, 2.24) is 10.3 Å². The molecule has 1 amide bonds. The third-order valence-corrected chi connectivity index (χ3v) is 1.91. The SMILES string of the molecule is CC.CC(=O)CCCNC(=O)c1cccnc1. The Balaban J connectivity index is 0.00000121. The molecule has 0 aliphatic heterocycles. The summed E-state index contributed by atoms with van der Waals surface area (Å²) < 4.78 is 0. The minimum Gasteiger partial charge on any atom is -0.352 e. The van der Waals surface area contributed by atoms with Crippen LogP contribution in [0.15, 0.2) is 24.5 Å². The molecule has 0 radical (unpaired) electrons. The van der Waals surface area contributed by atoms with Crippen LogP contribution < -0.4 is 5.32 Å². The van der Waals surface area contributed by atoms with E-state index in [2.05, 4.69) is 10.3 Å². The number of hydrogen-bond acceptors (Lipinski definition) is 3. The zero-order chi connectivity index (χ0) is 13.1. The number of amides is 1. The molecule has 0 bridgehead atoms. The number of nitrogens with zero attached hydrogens (tertiary/aromatic N) is 1. The Morgan fingerprint density at radius 3 is 2.59 bits per heavy atom. The number of nitrogens with one attached hydrogen (secondary N) is 1. The van der Waals surface area contributed by atoms with Crippen LogP contribution in [0.3, 0.4) is 0 Å². The monoisotopic (exact) mass is 236 g/mol. The fourth-order valence-corrected chi connectivity index (χ4v) is 1.14. The summed E-state index contributed by atoms with van der Waals surface area (Å²) in [7, 11) is 0. The molecule has 0 spiro atoms. The van der Waals surface area contributed by atoms with Gasteiger partial charge in [-0.3, -0.25) is 9.78 Å². The van der Waals surface area contributed by atoms with Crippen molar-refractivity contribution >= 4 is 11.7 Å². The van der Waals surface area contributed by atoms with Crippen molar-refractivity contribution in [3.8, 4) is 0 Å². The van der Waals surface area contributed by atoms with Crippen LogP contribution in [0.5, 0.6) is 0 Å². The topological polar surface area (TPSA) is 59.1 Å². The average Bonchev–Trinajstić information content (AvgIpc) is 2.37. The number of carbonyl (C=O) groups excluding carboxylic acids is 2. The lowest BCUT2D eigenvalue weighted by Gasteiger charge is -2.03. The third-order valence-electron chi connectivity index (χ3n) is 1.91. The molecule has 0 saturated heterocycles. The molecule has 1 rings (SSSR count). The van der Waals surface area contributed by atoms with E-state index in [1.54, 1.807) is 25.3 Å². The molecule has 1 heterocycles. The van der Waals surface area contributed by atoms with E-state index in [1.165, 1.54) is 6.20 Å². The van der Waals surface area contributed by atoms with Gasteiger partial charge in [-0.2, -0.15) is 0 Å². The van der Waals surface area contributed by atoms with Gasteiger partial charge in [0.1, 0.15) is 5.78 Å². The Kier molecular flexibility index (Phi) is 8.55. The number of rotatable bonds is 5. The normalized spacial score (nSPS) is 8.88. The van der Waals surface area contributed by atoms with Gasteiger partial charge in [0.25, 0.3) is 5.91 Å². The first-order valence-corrected chi connectivity index (χ1v) is 5.88. The lowest BCUT2D eigenvalue weighted by atomic mass is 10.2. The molecule has 0 unspecified atom stereocenters. The summed E-state index contributed by atoms with van der Waals surface area (Å²) in [5, 5.41) is 2.72. The first-order chi connectivity index (χ1) is 8.20. The molecule has 94 valence electrons. The van der Waals surface area contributed by atoms with Crippen molar-refractivity contribution in [2.24, 2.45) is 0 Å². The standard InChI is InChI=1S/C11H14N2O2.C2H6/c1-9(14)4-2-7-13-11(15)10-5-3-6-12-8-10;1-2/h3,5-6,8H,2,4,7H2,1H3,(H,13,15);1-2H3. The molecule has 1 N–H and O–H groups in total. The summed E-state index contributed by atoms with van der Waals surface area (Å²) in [5.41, 5.74) is 0.542. The van der Waals surface area contributed by atoms with E-state index in [9.17, 15) is 9.59 Å². The summed E-state index contributed by atoms with van der Waals surface area (Å²) in [4.78, 5) is 25.9. The number of pyridine rings is 1. The summed E-state index contributed by atoms with van der Waals surface area (Å²) in [6.07, 6.45) is 4.32. The first-order valence-electron chi connectivity index (χ1n) is 5.88. The number of Topliss-reactive ketones (excluding diaryl/α,β-unsaturated/α-hetero) is 1. The van der Waals surface area contributed by atoms with E-state index < -0.39 is 0 Å². The highest BCUT2D eigenvalue weighted by Gasteiger charge is 2.03. The first kappa shape index (κ1) is 15.3. The van der Waals surface area contributed by atoms with Crippen molar-refractivity contribution in [3.63, 3.8) is 0 Å². The maximum atomic E-state index is 11.5. The third kappa shape index (κ3) is 7.22. The molecule has 0 aliphatic carbocycles. The van der Waals surface area contributed by atoms with E-state index in [4.69, 9.17) is 0 Å². The Bertz CT molecular complexity index is 337. The van der Waals surface area contributed by atoms with E-state index in [0.717, 1.165) is 0 Å². The van der Waals surface area contributed by atoms with Crippen molar-refractivity contribution in [2.75, 3.05) is 6.54 Å². The van der Waals surface area contributed by atoms with Crippen LogP contribution >= 0.6 is 0 Å². The van der Waals surface area contributed by atoms with Gasteiger partial charge in [-0.1, -0.05) is 13.8 Å². The smallest absolute Gasteiger partial charge is 0.252 e. The van der Waals surface area contributed by atoms with Gasteiger partial charge in [-0.25, -0.2) is 0 Å². The quantitative estimate of drug-likeness (QED) is 0.797. The second kappa shape index (κ2) is 9.51. The van der Waals surface area contributed by atoms with Crippen LogP contribution in [0, 0.1) is 0 Å². The summed E-state index contributed by atoms with van der Waals surface area (Å²) in [6.45, 7) is 6.07. The number of ketones is 1. The second-order valence-corrected chi connectivity index (χ2v) is 3.30. The maximum Gasteiger partial charge on any atom is 0.252 e. The predicted molar refractivity (Wildman–Crippen MR) is 67.8 cm³/mol. The lowest BCUT2D eigenvalue weighted by Crippen LogP contribution is -2.24. The van der Waals surface area contributed by atoms with Crippen LogP contribution in [0.2, 0.25) is 0 Å². The zero-order valence-electron chi connectivity index (χ0n) is 10.7. The molecule has 0 aliphatic rings. The summed E-state index contributed by atoms with van der Waals surface area (Å²) >= 11 is 0. The molecule has 0 aromatic carbocycles. The molecule has 0 atom stereocenters. The molecule has 4 heteroatoms. The molecule has 1 aromatic heterocycles. The molecular formula is C13H20N2O2. The average molecular weight is 236 g/mol. The van der Waals surface area contributed by atoms with E-state index in [0.29, 0.717) is 24.9 Å². The van der Waals surface area contributed by atoms with Gasteiger partial charge in [-0.15, -0.1) is 0 Å². The largest absolute Gasteiger partial charge is 0.352 e. The molecule has 1 aromatic rings. The van der Waals surface area contributed by atoms with Gasteiger partial charge >= 0.3 is 0 Å². The van der Waals surface area contributed by atoms with Gasteiger partial charge in [0.2, 0.25) is 0 Å². The van der Waals surface area contributed by atoms with Gasteiger partial charge in [0.05, 0.1) is 5.56 Å². The summed E-state index contributed by atoms with van der Waals surface area (Å²) in [5.74, 6) is -0.00252. The fraction of sp³-hybridized carbons (Fsp3) is 0.462. The van der Waals surface area contributed by atoms with Crippen molar-refractivity contribution < 1.29 is 9.59 Å².